The van der Waals surface area contributed by atoms with Crippen molar-refractivity contribution in [3.05, 3.63) is 54.0 Å². The van der Waals surface area contributed by atoms with E-state index in [1.807, 2.05) is 35.4 Å². The fourth-order valence-corrected chi connectivity index (χ4v) is 3.60. The van der Waals surface area contributed by atoms with Gasteiger partial charge < -0.3 is 19.3 Å². The molecule has 0 radical (unpaired) electrons. The standard InChI is InChI=1S/C21H26N4O3/c26-21(25-10-12-27-13-11-25)18-3-4-20(23-15-18)24-8-5-19(6-9-24)28-16-17-2-1-7-22-14-17/h1-4,7,14-15,19H,5-6,8-13,16H2. The number of hydrogen-bond donors (Lipinski definition) is 0. The van der Waals surface area contributed by atoms with Gasteiger partial charge in [-0.25, -0.2) is 4.98 Å². The van der Waals surface area contributed by atoms with E-state index in [-0.39, 0.29) is 12.0 Å². The van der Waals surface area contributed by atoms with E-state index in [1.165, 1.54) is 0 Å². The fourth-order valence-electron chi connectivity index (χ4n) is 3.60. The van der Waals surface area contributed by atoms with Crippen molar-refractivity contribution < 1.29 is 14.3 Å². The third-order valence-electron chi connectivity index (χ3n) is 5.27. The van der Waals surface area contributed by atoms with Crippen molar-refractivity contribution in [2.24, 2.45) is 0 Å². The summed E-state index contributed by atoms with van der Waals surface area (Å²) in [4.78, 5) is 25.3. The molecule has 4 rings (SSSR count). The Labute approximate surface area is 165 Å². The van der Waals surface area contributed by atoms with E-state index in [0.717, 1.165) is 37.3 Å². The van der Waals surface area contributed by atoms with Crippen LogP contribution in [0.15, 0.2) is 42.9 Å². The number of nitrogens with zero attached hydrogens (tertiary/aromatic N) is 4. The van der Waals surface area contributed by atoms with E-state index < -0.39 is 0 Å². The van der Waals surface area contributed by atoms with Crippen LogP contribution in [-0.4, -0.2) is 66.3 Å². The molecule has 2 fully saturated rings. The predicted octanol–water partition coefficient (Wildman–Crippen LogP) is 2.13. The molecule has 0 N–H and O–H groups in total. The van der Waals surface area contributed by atoms with E-state index in [9.17, 15) is 4.79 Å². The van der Waals surface area contributed by atoms with Gasteiger partial charge in [-0.3, -0.25) is 9.78 Å². The smallest absolute Gasteiger partial charge is 0.255 e. The van der Waals surface area contributed by atoms with Crippen molar-refractivity contribution >= 4 is 11.7 Å². The van der Waals surface area contributed by atoms with E-state index >= 15 is 0 Å². The second kappa shape index (κ2) is 9.12. The minimum Gasteiger partial charge on any atom is -0.378 e. The van der Waals surface area contributed by atoms with E-state index in [1.54, 1.807) is 12.4 Å². The first-order valence-electron chi connectivity index (χ1n) is 9.88. The summed E-state index contributed by atoms with van der Waals surface area (Å²) in [5, 5.41) is 0. The van der Waals surface area contributed by atoms with E-state index in [0.29, 0.717) is 38.5 Å². The molecular weight excluding hydrogens is 356 g/mol. The Morgan fingerprint density at radius 3 is 2.61 bits per heavy atom. The highest BCUT2D eigenvalue weighted by Crippen LogP contribution is 2.21. The van der Waals surface area contributed by atoms with Crippen LogP contribution in [0.25, 0.3) is 0 Å². The SMILES string of the molecule is O=C(c1ccc(N2CCC(OCc3cccnc3)CC2)nc1)N1CCOCC1. The van der Waals surface area contributed by atoms with Gasteiger partial charge in [-0.05, 0) is 36.6 Å². The fraction of sp³-hybridized carbons (Fsp3) is 0.476. The Morgan fingerprint density at radius 1 is 1.11 bits per heavy atom. The van der Waals surface area contributed by atoms with Gasteiger partial charge in [0.05, 0.1) is 31.5 Å². The molecule has 0 aromatic carbocycles. The zero-order valence-corrected chi connectivity index (χ0v) is 16.0. The first-order valence-corrected chi connectivity index (χ1v) is 9.88. The monoisotopic (exact) mass is 382 g/mol. The van der Waals surface area contributed by atoms with Gasteiger partial charge in [-0.15, -0.1) is 0 Å². The summed E-state index contributed by atoms with van der Waals surface area (Å²) in [6, 6.07) is 7.79. The molecule has 0 saturated carbocycles. The maximum atomic E-state index is 12.5. The summed E-state index contributed by atoms with van der Waals surface area (Å²) < 4.78 is 11.3. The average molecular weight is 382 g/mol. The Kier molecular flexibility index (Phi) is 6.14. The normalized spacial score (nSPS) is 18.3. The first-order chi connectivity index (χ1) is 13.8. The van der Waals surface area contributed by atoms with Crippen LogP contribution in [0.4, 0.5) is 5.82 Å². The predicted molar refractivity (Wildman–Crippen MR) is 105 cm³/mol. The Hall–Kier alpha value is -2.51. The molecule has 2 aliphatic rings. The van der Waals surface area contributed by atoms with Crippen LogP contribution >= 0.6 is 0 Å². The molecule has 0 bridgehead atoms. The van der Waals surface area contributed by atoms with E-state index in [4.69, 9.17) is 9.47 Å². The molecule has 7 heteroatoms. The molecule has 2 aromatic rings. The number of pyridine rings is 2. The zero-order chi connectivity index (χ0) is 19.2. The molecule has 0 unspecified atom stereocenters. The van der Waals surface area contributed by atoms with Gasteiger partial charge in [0.2, 0.25) is 0 Å². The molecular formula is C21H26N4O3. The topological polar surface area (TPSA) is 67.8 Å². The van der Waals surface area contributed by atoms with Crippen molar-refractivity contribution in [1.82, 2.24) is 14.9 Å². The highest BCUT2D eigenvalue weighted by molar-refractivity contribution is 5.94. The molecule has 28 heavy (non-hydrogen) atoms. The van der Waals surface area contributed by atoms with Crippen molar-refractivity contribution in [2.75, 3.05) is 44.3 Å². The van der Waals surface area contributed by atoms with Gasteiger partial charge in [-0.2, -0.15) is 0 Å². The summed E-state index contributed by atoms with van der Waals surface area (Å²) in [6.07, 6.45) is 7.51. The number of anilines is 1. The molecule has 0 spiro atoms. The third-order valence-corrected chi connectivity index (χ3v) is 5.27. The molecule has 2 aromatic heterocycles. The van der Waals surface area contributed by atoms with Gasteiger partial charge in [0.1, 0.15) is 5.82 Å². The summed E-state index contributed by atoms with van der Waals surface area (Å²) in [5.41, 5.74) is 1.74. The van der Waals surface area contributed by atoms with E-state index in [2.05, 4.69) is 14.9 Å². The van der Waals surface area contributed by atoms with Gasteiger partial charge in [-0.1, -0.05) is 6.07 Å². The number of carbonyl (C=O) groups excluding carboxylic acids is 1. The van der Waals surface area contributed by atoms with Crippen LogP contribution in [0.5, 0.6) is 0 Å². The van der Waals surface area contributed by atoms with Gasteiger partial charge in [0, 0.05) is 44.8 Å². The third kappa shape index (κ3) is 4.66. The average Bonchev–Trinajstić information content (AvgIpc) is 2.79. The van der Waals surface area contributed by atoms with Crippen molar-refractivity contribution in [3.63, 3.8) is 0 Å². The highest BCUT2D eigenvalue weighted by Gasteiger charge is 2.22. The summed E-state index contributed by atoms with van der Waals surface area (Å²) in [6.45, 7) is 4.92. The molecule has 2 saturated heterocycles. The van der Waals surface area contributed by atoms with Crippen LogP contribution in [0.3, 0.4) is 0 Å². The lowest BCUT2D eigenvalue weighted by Gasteiger charge is -2.33. The number of piperidine rings is 1. The Bertz CT molecular complexity index is 755. The minimum atomic E-state index is 0.0323. The quantitative estimate of drug-likeness (QED) is 0.789. The molecule has 7 nitrogen and oxygen atoms in total. The number of amides is 1. The van der Waals surface area contributed by atoms with Crippen molar-refractivity contribution in [1.29, 1.82) is 0 Å². The van der Waals surface area contributed by atoms with Crippen LogP contribution in [0, 0.1) is 0 Å². The summed E-state index contributed by atoms with van der Waals surface area (Å²) in [7, 11) is 0. The number of morpholine rings is 1. The molecule has 4 heterocycles. The Morgan fingerprint density at radius 2 is 1.93 bits per heavy atom. The number of ether oxygens (including phenoxy) is 2. The second-order valence-corrected chi connectivity index (χ2v) is 7.17. The summed E-state index contributed by atoms with van der Waals surface area (Å²) >= 11 is 0. The number of aromatic nitrogens is 2. The minimum absolute atomic E-state index is 0.0323. The number of carbonyl (C=O) groups is 1. The lowest BCUT2D eigenvalue weighted by Crippen LogP contribution is -2.40. The zero-order valence-electron chi connectivity index (χ0n) is 16.0. The number of rotatable bonds is 5. The lowest BCUT2D eigenvalue weighted by atomic mass is 10.1. The van der Waals surface area contributed by atoms with Crippen LogP contribution in [0.2, 0.25) is 0 Å². The molecule has 0 aliphatic carbocycles. The van der Waals surface area contributed by atoms with Crippen LogP contribution in [-0.2, 0) is 16.1 Å². The maximum Gasteiger partial charge on any atom is 0.255 e. The van der Waals surface area contributed by atoms with Crippen molar-refractivity contribution in [2.45, 2.75) is 25.6 Å². The largest absolute Gasteiger partial charge is 0.378 e. The first kappa shape index (κ1) is 18.8. The lowest BCUT2D eigenvalue weighted by molar-refractivity contribution is 0.0249. The maximum absolute atomic E-state index is 12.5. The Balaban J connectivity index is 1.27. The van der Waals surface area contributed by atoms with Crippen LogP contribution < -0.4 is 4.90 Å². The summed E-state index contributed by atoms with van der Waals surface area (Å²) in [5.74, 6) is 0.953. The molecule has 2 aliphatic heterocycles. The second-order valence-electron chi connectivity index (χ2n) is 7.17. The molecule has 0 atom stereocenters. The molecule has 1 amide bonds. The van der Waals surface area contributed by atoms with Gasteiger partial charge in [0.25, 0.3) is 5.91 Å². The van der Waals surface area contributed by atoms with Gasteiger partial charge in [0.15, 0.2) is 0 Å². The van der Waals surface area contributed by atoms with Crippen molar-refractivity contribution in [3.8, 4) is 0 Å². The molecule has 148 valence electrons. The van der Waals surface area contributed by atoms with Gasteiger partial charge >= 0.3 is 0 Å². The van der Waals surface area contributed by atoms with Crippen LogP contribution in [0.1, 0.15) is 28.8 Å². The highest BCUT2D eigenvalue weighted by atomic mass is 16.5. The number of hydrogen-bond acceptors (Lipinski definition) is 6.